The normalized spacial score (nSPS) is 9.57. The maximum absolute atomic E-state index is 6.73. The van der Waals surface area contributed by atoms with Crippen molar-refractivity contribution in [2.45, 2.75) is 20.8 Å². The molecule has 0 atom stereocenters. The molecule has 2 heteroatoms. The van der Waals surface area contributed by atoms with Crippen LogP contribution in [-0.2, 0) is 0 Å². The Hall–Kier alpha value is -0.0400. The lowest BCUT2D eigenvalue weighted by atomic mass is 10.00. The van der Waals surface area contributed by atoms with Crippen LogP contribution in [0.1, 0.15) is 20.8 Å². The van der Waals surface area contributed by atoms with Gasteiger partial charge in [0.15, 0.2) is 0 Å². The topological polar surface area (TPSA) is 23.9 Å². The van der Waals surface area contributed by atoms with Crippen molar-refractivity contribution in [2.75, 3.05) is 0 Å². The smallest absolute Gasteiger partial charge is 0.000591 e. The van der Waals surface area contributed by atoms with E-state index in [9.17, 15) is 0 Å². The van der Waals surface area contributed by atoms with Gasteiger partial charge in [-0.25, -0.2) is 0 Å². The molecule has 0 radical (unpaired) electrons. The van der Waals surface area contributed by atoms with Crippen molar-refractivity contribution in [3.05, 3.63) is 0 Å². The average molecular weight is 122 g/mol. The highest BCUT2D eigenvalue weighted by Crippen LogP contribution is 2.05. The molecule has 0 unspecified atom stereocenters. The Morgan fingerprint density at radius 3 is 1.43 bits per heavy atom. The van der Waals surface area contributed by atoms with Gasteiger partial charge in [-0.2, -0.15) is 0 Å². The van der Waals surface area contributed by atoms with Crippen LogP contribution >= 0.6 is 12.4 Å². The third-order valence-corrected chi connectivity index (χ3v) is 0.433. The van der Waals surface area contributed by atoms with E-state index in [1.165, 1.54) is 6.21 Å². The Balaban J connectivity index is 0. The second-order valence-corrected chi connectivity index (χ2v) is 2.51. The first-order valence-electron chi connectivity index (χ1n) is 2.08. The van der Waals surface area contributed by atoms with Gasteiger partial charge in [-0.3, -0.25) is 0 Å². The van der Waals surface area contributed by atoms with E-state index in [-0.39, 0.29) is 17.8 Å². The summed E-state index contributed by atoms with van der Waals surface area (Å²) >= 11 is 0. The van der Waals surface area contributed by atoms with Gasteiger partial charge < -0.3 is 5.41 Å². The third kappa shape index (κ3) is 10.7. The molecule has 1 N–H and O–H groups in total. The van der Waals surface area contributed by atoms with E-state index in [1.54, 1.807) is 0 Å². The molecule has 7 heavy (non-hydrogen) atoms. The zero-order chi connectivity index (χ0) is 5.21. The fraction of sp³-hybridized carbons (Fsp3) is 0.800. The van der Waals surface area contributed by atoms with Gasteiger partial charge in [-0.1, -0.05) is 20.8 Å². The van der Waals surface area contributed by atoms with E-state index in [2.05, 4.69) is 0 Å². The lowest BCUT2D eigenvalue weighted by Crippen LogP contribution is -2.03. The fourth-order valence-corrected chi connectivity index (χ4v) is 0. The van der Waals surface area contributed by atoms with Gasteiger partial charge in [-0.05, 0) is 5.41 Å². The molecule has 0 heterocycles. The number of rotatable bonds is 0. The van der Waals surface area contributed by atoms with E-state index in [4.69, 9.17) is 5.41 Å². The molecular formula is C5H12ClN. The van der Waals surface area contributed by atoms with Crippen LogP contribution in [0.15, 0.2) is 0 Å². The van der Waals surface area contributed by atoms with E-state index in [1.807, 2.05) is 20.8 Å². The predicted octanol–water partition coefficient (Wildman–Crippen LogP) is 2.10. The zero-order valence-electron chi connectivity index (χ0n) is 4.99. The maximum Gasteiger partial charge on any atom is 0.000591 e. The summed E-state index contributed by atoms with van der Waals surface area (Å²) in [4.78, 5) is 0. The Labute approximate surface area is 51.0 Å². The van der Waals surface area contributed by atoms with E-state index < -0.39 is 0 Å². The second-order valence-electron chi connectivity index (χ2n) is 2.51. The average Bonchev–Trinajstić information content (AvgIpc) is 1.35. The minimum absolute atomic E-state index is 0. The molecule has 0 aromatic rings. The van der Waals surface area contributed by atoms with Crippen LogP contribution in [0.4, 0.5) is 0 Å². The van der Waals surface area contributed by atoms with Crippen molar-refractivity contribution < 1.29 is 0 Å². The van der Waals surface area contributed by atoms with Gasteiger partial charge in [0, 0.05) is 6.21 Å². The summed E-state index contributed by atoms with van der Waals surface area (Å²) < 4.78 is 0. The van der Waals surface area contributed by atoms with E-state index in [0.717, 1.165) is 0 Å². The van der Waals surface area contributed by atoms with Crippen LogP contribution in [-0.4, -0.2) is 6.21 Å². The minimum Gasteiger partial charge on any atom is -0.313 e. The molecule has 0 aromatic carbocycles. The molecule has 0 spiro atoms. The molecule has 44 valence electrons. The predicted molar refractivity (Wildman–Crippen MR) is 35.5 cm³/mol. The highest BCUT2D eigenvalue weighted by molar-refractivity contribution is 5.85. The Morgan fingerprint density at radius 2 is 1.43 bits per heavy atom. The van der Waals surface area contributed by atoms with Gasteiger partial charge in [0.25, 0.3) is 0 Å². The lowest BCUT2D eigenvalue weighted by molar-refractivity contribution is 0.604. The summed E-state index contributed by atoms with van der Waals surface area (Å²) in [6, 6.07) is 0. The summed E-state index contributed by atoms with van der Waals surface area (Å²) in [7, 11) is 0. The van der Waals surface area contributed by atoms with Crippen molar-refractivity contribution in [2.24, 2.45) is 5.41 Å². The van der Waals surface area contributed by atoms with Gasteiger partial charge in [-0.15, -0.1) is 12.4 Å². The summed E-state index contributed by atoms with van der Waals surface area (Å²) in [5, 5.41) is 6.73. The van der Waals surface area contributed by atoms with Crippen LogP contribution in [0.5, 0.6) is 0 Å². The van der Waals surface area contributed by atoms with Crippen LogP contribution in [0, 0.1) is 10.8 Å². The van der Waals surface area contributed by atoms with Gasteiger partial charge >= 0.3 is 0 Å². The summed E-state index contributed by atoms with van der Waals surface area (Å²) in [6.45, 7) is 6.00. The molecule has 1 nitrogen and oxygen atoms in total. The number of hydrogen-bond donors (Lipinski definition) is 1. The number of hydrogen-bond acceptors (Lipinski definition) is 1. The van der Waals surface area contributed by atoms with E-state index >= 15 is 0 Å². The lowest BCUT2D eigenvalue weighted by Gasteiger charge is -2.06. The summed E-state index contributed by atoms with van der Waals surface area (Å²) in [5.74, 6) is 0. The standard InChI is InChI=1S/C5H11N.ClH/c1-5(2,3)4-6;/h4,6H,1-3H3;1H. The molecule has 0 amide bonds. The van der Waals surface area contributed by atoms with Crippen molar-refractivity contribution in [3.63, 3.8) is 0 Å². The number of halogens is 1. The largest absolute Gasteiger partial charge is 0.313 e. The summed E-state index contributed by atoms with van der Waals surface area (Å²) in [5.41, 5.74) is 0.0833. The third-order valence-electron chi connectivity index (χ3n) is 0.433. The first-order chi connectivity index (χ1) is 2.56. The minimum atomic E-state index is 0. The molecule has 0 saturated heterocycles. The monoisotopic (exact) mass is 121 g/mol. The SMILES string of the molecule is CC(C)(C)C=N.Cl. The molecule has 0 aliphatic carbocycles. The molecular weight excluding hydrogens is 110 g/mol. The van der Waals surface area contributed by atoms with Crippen molar-refractivity contribution in [1.82, 2.24) is 0 Å². The first-order valence-corrected chi connectivity index (χ1v) is 2.08. The Kier molecular flexibility index (Phi) is 4.35. The van der Waals surface area contributed by atoms with E-state index in [0.29, 0.717) is 0 Å². The highest BCUT2D eigenvalue weighted by atomic mass is 35.5. The second kappa shape index (κ2) is 3.03. The van der Waals surface area contributed by atoms with Crippen molar-refractivity contribution in [1.29, 1.82) is 5.41 Å². The number of nitrogens with one attached hydrogen (secondary N) is 1. The zero-order valence-corrected chi connectivity index (χ0v) is 5.80. The van der Waals surface area contributed by atoms with Crippen molar-refractivity contribution >= 4 is 18.6 Å². The molecule has 0 fully saturated rings. The molecule has 0 saturated carbocycles. The Bertz CT molecular complexity index is 53.6. The molecule has 0 bridgehead atoms. The highest BCUT2D eigenvalue weighted by Gasteiger charge is 2.01. The quantitative estimate of drug-likeness (QED) is 0.475. The van der Waals surface area contributed by atoms with Gasteiger partial charge in [0.05, 0.1) is 0 Å². The molecule has 0 rings (SSSR count). The first kappa shape index (κ1) is 10.0. The van der Waals surface area contributed by atoms with Gasteiger partial charge in [0.1, 0.15) is 0 Å². The van der Waals surface area contributed by atoms with Crippen LogP contribution in [0.2, 0.25) is 0 Å². The molecule has 0 aromatic heterocycles. The summed E-state index contributed by atoms with van der Waals surface area (Å²) in [6.07, 6.45) is 1.44. The van der Waals surface area contributed by atoms with Crippen LogP contribution in [0.3, 0.4) is 0 Å². The fourth-order valence-electron chi connectivity index (χ4n) is 0. The van der Waals surface area contributed by atoms with Crippen LogP contribution in [0.25, 0.3) is 0 Å². The van der Waals surface area contributed by atoms with Crippen molar-refractivity contribution in [3.8, 4) is 0 Å². The molecule has 0 aliphatic heterocycles. The van der Waals surface area contributed by atoms with Crippen LogP contribution < -0.4 is 0 Å². The van der Waals surface area contributed by atoms with Gasteiger partial charge in [0.2, 0.25) is 0 Å². The Morgan fingerprint density at radius 1 is 1.29 bits per heavy atom. The maximum atomic E-state index is 6.73. The molecule has 0 aliphatic rings.